The van der Waals surface area contributed by atoms with Crippen LogP contribution in [0.4, 0.5) is 0 Å². The van der Waals surface area contributed by atoms with Gasteiger partial charge in [-0.2, -0.15) is 5.26 Å². The smallest absolute Gasteiger partial charge is 0.270 e. The van der Waals surface area contributed by atoms with E-state index in [9.17, 15) is 19.4 Å². The van der Waals surface area contributed by atoms with Crippen molar-refractivity contribution in [1.82, 2.24) is 14.6 Å². The van der Waals surface area contributed by atoms with Crippen LogP contribution in [0.3, 0.4) is 0 Å². The maximum Gasteiger partial charge on any atom is 0.270 e. The second kappa shape index (κ2) is 13.1. The fourth-order valence-electron chi connectivity index (χ4n) is 5.48. The lowest BCUT2D eigenvalue weighted by molar-refractivity contribution is 0.0946. The average Bonchev–Trinajstić information content (AvgIpc) is 3.40. The Hall–Kier alpha value is -4.36. The van der Waals surface area contributed by atoms with E-state index in [0.717, 1.165) is 33.4 Å². The Morgan fingerprint density at radius 3 is 2.48 bits per heavy atom. The van der Waals surface area contributed by atoms with Gasteiger partial charge in [-0.15, -0.1) is 0 Å². The summed E-state index contributed by atoms with van der Waals surface area (Å²) >= 11 is 0. The number of ether oxygens (including phenoxy) is 1. The number of pyridine rings is 1. The minimum Gasteiger partial charge on any atom is -0.497 e. The number of carbonyl (C=O) groups is 1. The summed E-state index contributed by atoms with van der Waals surface area (Å²) in [4.78, 5) is 18.5. The van der Waals surface area contributed by atoms with Crippen LogP contribution < -0.4 is 10.1 Å². The van der Waals surface area contributed by atoms with Gasteiger partial charge in [0.15, 0.2) is 0 Å². The molecule has 0 saturated heterocycles. The fourth-order valence-corrected chi connectivity index (χ4v) is 6.88. The van der Waals surface area contributed by atoms with Gasteiger partial charge in [0.05, 0.1) is 35.2 Å². The van der Waals surface area contributed by atoms with Crippen LogP contribution in [0, 0.1) is 11.3 Å². The van der Waals surface area contributed by atoms with Crippen LogP contribution in [-0.4, -0.2) is 43.0 Å². The molecule has 2 heterocycles. The Labute approximate surface area is 260 Å². The first kappa shape index (κ1) is 31.1. The number of aliphatic hydroxyl groups excluding tert-OH is 1. The number of hydrogen-bond acceptors (Lipinski definition) is 6. The number of methoxy groups -OCH3 is 1. The Morgan fingerprint density at radius 2 is 1.77 bits per heavy atom. The van der Waals surface area contributed by atoms with Crippen molar-refractivity contribution in [2.24, 2.45) is 0 Å². The molecule has 0 bridgehead atoms. The van der Waals surface area contributed by atoms with E-state index in [2.05, 4.69) is 11.4 Å². The van der Waals surface area contributed by atoms with Crippen LogP contribution in [0.5, 0.6) is 5.75 Å². The number of hydrogen-bond donors (Lipinski definition) is 2. The first-order valence-electron chi connectivity index (χ1n) is 14.5. The molecule has 0 spiro atoms. The zero-order valence-electron chi connectivity index (χ0n) is 25.3. The fraction of sp³-hybridized carbons (Fsp3) is 0.286. The van der Waals surface area contributed by atoms with E-state index in [-0.39, 0.29) is 24.2 Å². The van der Waals surface area contributed by atoms with Crippen molar-refractivity contribution < 1.29 is 18.8 Å². The largest absolute Gasteiger partial charge is 0.497 e. The molecule has 0 radical (unpaired) electrons. The minimum atomic E-state index is -1.37. The van der Waals surface area contributed by atoms with Gasteiger partial charge in [-0.05, 0) is 85.8 Å². The number of nitrogens with one attached hydrogen (secondary N) is 1. The summed E-state index contributed by atoms with van der Waals surface area (Å²) in [5.41, 5.74) is 6.61. The van der Waals surface area contributed by atoms with Gasteiger partial charge in [0.1, 0.15) is 22.4 Å². The van der Waals surface area contributed by atoms with E-state index in [0.29, 0.717) is 36.5 Å². The topological polar surface area (TPSA) is 116 Å². The Balaban J connectivity index is 1.60. The number of rotatable bonds is 9. The highest BCUT2D eigenvalue weighted by Crippen LogP contribution is 2.44. The summed E-state index contributed by atoms with van der Waals surface area (Å²) < 4.78 is 20.4. The minimum absolute atomic E-state index is 0.0921. The highest BCUT2D eigenvalue weighted by Gasteiger charge is 2.40. The number of benzene rings is 3. The number of aliphatic hydroxyl groups is 1. The van der Waals surface area contributed by atoms with Crippen LogP contribution in [0.15, 0.2) is 78.9 Å². The molecule has 1 amide bonds. The van der Waals surface area contributed by atoms with Gasteiger partial charge in [0.2, 0.25) is 0 Å². The van der Waals surface area contributed by atoms with Gasteiger partial charge in [-0.3, -0.25) is 4.79 Å². The lowest BCUT2D eigenvalue weighted by Gasteiger charge is -2.30. The molecule has 44 heavy (non-hydrogen) atoms. The molecule has 0 unspecified atom stereocenters. The van der Waals surface area contributed by atoms with E-state index >= 15 is 0 Å². The molecule has 0 saturated carbocycles. The van der Waals surface area contributed by atoms with Crippen LogP contribution in [0.25, 0.3) is 22.4 Å². The molecule has 3 aromatic carbocycles. The maximum absolute atomic E-state index is 13.7. The van der Waals surface area contributed by atoms with Crippen molar-refractivity contribution in [3.05, 3.63) is 107 Å². The summed E-state index contributed by atoms with van der Waals surface area (Å²) in [6, 6.07) is 26.4. The summed E-state index contributed by atoms with van der Waals surface area (Å²) in [5.74, 6) is 0.376. The predicted molar refractivity (Wildman–Crippen MR) is 172 cm³/mol. The van der Waals surface area contributed by atoms with Crippen molar-refractivity contribution >= 4 is 16.9 Å². The second-order valence-corrected chi connectivity index (χ2v) is 13.9. The number of fused-ring (bicyclic) bond motifs is 1. The molecule has 0 fully saturated rings. The third-order valence-electron chi connectivity index (χ3n) is 7.57. The summed E-state index contributed by atoms with van der Waals surface area (Å²) in [7, 11) is 0.230. The van der Waals surface area contributed by atoms with E-state index in [1.807, 2.05) is 91.8 Å². The van der Waals surface area contributed by atoms with Crippen molar-refractivity contribution in [2.45, 2.75) is 51.1 Å². The molecular formula is C35H36N4O4S. The van der Waals surface area contributed by atoms with Crippen molar-refractivity contribution in [1.29, 1.82) is 5.26 Å². The van der Waals surface area contributed by atoms with E-state index in [1.54, 1.807) is 19.2 Å². The first-order valence-corrected chi connectivity index (χ1v) is 15.6. The van der Waals surface area contributed by atoms with Crippen LogP contribution in [-0.2, 0) is 24.1 Å². The standard InChI is InChI=1S/C35H36N4O4S/c1-35(2,3)44(42)39-22-28-19-30(34(41)37-21-24-9-6-13-29(17-24)43-4)38-33(32(28)31(39)14-15-40)27-12-7-11-26(18-27)25-10-5-8-23(16-25)20-36/h5-13,16-19,31,40H,14-15,21-22H2,1-4H3,(H,37,41)/t31-,44-/m0/s1. The van der Waals surface area contributed by atoms with Gasteiger partial charge in [0.25, 0.3) is 5.91 Å². The van der Waals surface area contributed by atoms with Gasteiger partial charge in [-0.1, -0.05) is 42.5 Å². The second-order valence-electron chi connectivity index (χ2n) is 11.7. The maximum atomic E-state index is 13.7. The van der Waals surface area contributed by atoms with E-state index in [1.165, 1.54) is 0 Å². The molecule has 9 heteroatoms. The molecular weight excluding hydrogens is 572 g/mol. The van der Waals surface area contributed by atoms with E-state index in [4.69, 9.17) is 9.72 Å². The number of carbonyl (C=O) groups excluding carboxylic acids is 1. The molecule has 226 valence electrons. The Morgan fingerprint density at radius 1 is 1.07 bits per heavy atom. The molecule has 0 aliphatic carbocycles. The molecule has 2 atom stereocenters. The van der Waals surface area contributed by atoms with Crippen molar-refractivity contribution in [3.8, 4) is 34.2 Å². The molecule has 1 aliphatic rings. The number of amides is 1. The van der Waals surface area contributed by atoms with E-state index < -0.39 is 15.7 Å². The molecule has 8 nitrogen and oxygen atoms in total. The highest BCUT2D eigenvalue weighted by molar-refractivity contribution is 7.84. The third-order valence-corrected chi connectivity index (χ3v) is 9.43. The summed E-state index contributed by atoms with van der Waals surface area (Å²) in [6.45, 7) is 6.35. The molecule has 1 aromatic heterocycles. The Kier molecular flexibility index (Phi) is 9.25. The van der Waals surface area contributed by atoms with Gasteiger partial charge < -0.3 is 15.2 Å². The quantitative estimate of drug-likeness (QED) is 0.244. The third kappa shape index (κ3) is 6.58. The summed E-state index contributed by atoms with van der Waals surface area (Å²) in [5, 5.41) is 22.5. The van der Waals surface area contributed by atoms with Crippen molar-refractivity contribution in [2.75, 3.05) is 13.7 Å². The molecule has 4 aromatic rings. The zero-order chi connectivity index (χ0) is 31.4. The highest BCUT2D eigenvalue weighted by atomic mass is 32.2. The van der Waals surface area contributed by atoms with Crippen LogP contribution in [0.2, 0.25) is 0 Å². The van der Waals surface area contributed by atoms with Gasteiger partial charge in [-0.25, -0.2) is 13.5 Å². The SMILES string of the molecule is COc1cccc(CNC(=O)c2cc3c(c(-c4cccc(-c5cccc(C#N)c5)c4)n2)[C@H](CCO)N([S@@](=O)C(C)(C)C)C3)c1. The van der Waals surface area contributed by atoms with Crippen LogP contribution >= 0.6 is 0 Å². The zero-order valence-corrected chi connectivity index (χ0v) is 26.1. The molecule has 1 aliphatic heterocycles. The van der Waals surface area contributed by atoms with Gasteiger partial charge >= 0.3 is 0 Å². The first-order chi connectivity index (χ1) is 21.1. The Bertz CT molecular complexity index is 1760. The summed E-state index contributed by atoms with van der Waals surface area (Å²) in [6.07, 6.45) is 0.370. The lowest BCUT2D eigenvalue weighted by atomic mass is 9.93. The van der Waals surface area contributed by atoms with Crippen molar-refractivity contribution in [3.63, 3.8) is 0 Å². The number of aromatic nitrogens is 1. The predicted octanol–water partition coefficient (Wildman–Crippen LogP) is 5.93. The lowest BCUT2D eigenvalue weighted by Crippen LogP contribution is -2.36. The number of nitrogens with zero attached hydrogens (tertiary/aromatic N) is 3. The number of nitriles is 1. The normalized spacial score (nSPS) is 15.3. The molecule has 5 rings (SSSR count). The van der Waals surface area contributed by atoms with Crippen LogP contribution in [0.1, 0.15) is 66.0 Å². The average molecular weight is 609 g/mol. The molecule has 2 N–H and O–H groups in total. The van der Waals surface area contributed by atoms with Gasteiger partial charge in [0, 0.05) is 30.8 Å². The monoisotopic (exact) mass is 608 g/mol.